The van der Waals surface area contributed by atoms with E-state index in [2.05, 4.69) is 84.6 Å². The van der Waals surface area contributed by atoms with E-state index in [0.29, 0.717) is 6.54 Å². The number of aliphatic hydroxyl groups is 1. The molecule has 2 nitrogen and oxygen atoms in total. The quantitative estimate of drug-likeness (QED) is 0.653. The van der Waals surface area contributed by atoms with Crippen molar-refractivity contribution in [3.05, 3.63) is 108 Å². The summed E-state index contributed by atoms with van der Waals surface area (Å²) in [5.41, 5.74) is 3.20. The zero-order valence-corrected chi connectivity index (χ0v) is 14.7. The van der Waals surface area contributed by atoms with Gasteiger partial charge in [0.15, 0.2) is 0 Å². The molecule has 0 unspecified atom stereocenters. The van der Waals surface area contributed by atoms with Crippen molar-refractivity contribution in [2.45, 2.75) is 12.5 Å². The standard InChI is InChI=1S/C23H25NO/c1-2-24(18-19-25)23(20-12-6-3-7-13-20,21-14-8-4-9-15-21)22-16-10-5-11-17-22/h3-17,25H,2,18-19H2,1H3. The fourth-order valence-electron chi connectivity index (χ4n) is 3.77. The zero-order valence-electron chi connectivity index (χ0n) is 14.7. The summed E-state index contributed by atoms with van der Waals surface area (Å²) >= 11 is 0. The maximum Gasteiger partial charge on any atom is 0.0973 e. The van der Waals surface area contributed by atoms with Crippen LogP contribution in [0.2, 0.25) is 0 Å². The molecule has 0 aliphatic rings. The van der Waals surface area contributed by atoms with Crippen LogP contribution in [0.3, 0.4) is 0 Å². The maximum atomic E-state index is 9.73. The minimum absolute atomic E-state index is 0.127. The summed E-state index contributed by atoms with van der Waals surface area (Å²) in [6.07, 6.45) is 0. The molecule has 2 heteroatoms. The predicted octanol–water partition coefficient (Wildman–Crippen LogP) is 4.29. The molecule has 3 aromatic rings. The molecule has 128 valence electrons. The van der Waals surface area contributed by atoms with Gasteiger partial charge in [0, 0.05) is 6.54 Å². The van der Waals surface area contributed by atoms with E-state index in [1.807, 2.05) is 18.2 Å². The molecule has 25 heavy (non-hydrogen) atoms. The van der Waals surface area contributed by atoms with Crippen molar-refractivity contribution in [1.29, 1.82) is 0 Å². The molecule has 0 fully saturated rings. The Bertz CT molecular complexity index is 659. The molecule has 0 atom stereocenters. The van der Waals surface area contributed by atoms with Gasteiger partial charge >= 0.3 is 0 Å². The van der Waals surface area contributed by atoms with Crippen LogP contribution in [0.4, 0.5) is 0 Å². The Morgan fingerprint density at radius 2 is 1.04 bits per heavy atom. The molecule has 0 bridgehead atoms. The highest BCUT2D eigenvalue weighted by atomic mass is 16.3. The van der Waals surface area contributed by atoms with Crippen molar-refractivity contribution >= 4 is 0 Å². The van der Waals surface area contributed by atoms with Gasteiger partial charge in [-0.15, -0.1) is 0 Å². The summed E-state index contributed by atoms with van der Waals surface area (Å²) in [5.74, 6) is 0. The molecule has 0 radical (unpaired) electrons. The first kappa shape index (κ1) is 17.4. The lowest BCUT2D eigenvalue weighted by Gasteiger charge is -2.45. The highest BCUT2D eigenvalue weighted by Gasteiger charge is 2.40. The summed E-state index contributed by atoms with van der Waals surface area (Å²) < 4.78 is 0. The molecule has 0 aliphatic carbocycles. The Labute approximate surface area is 150 Å². The average molecular weight is 331 g/mol. The van der Waals surface area contributed by atoms with Gasteiger partial charge in [0.25, 0.3) is 0 Å². The Hall–Kier alpha value is -2.42. The topological polar surface area (TPSA) is 23.5 Å². The zero-order chi connectivity index (χ0) is 17.5. The van der Waals surface area contributed by atoms with Crippen molar-refractivity contribution in [3.63, 3.8) is 0 Å². The van der Waals surface area contributed by atoms with Gasteiger partial charge in [0.05, 0.1) is 12.1 Å². The van der Waals surface area contributed by atoms with Crippen molar-refractivity contribution < 1.29 is 5.11 Å². The van der Waals surface area contributed by atoms with Crippen LogP contribution in [0.15, 0.2) is 91.0 Å². The van der Waals surface area contributed by atoms with Crippen LogP contribution < -0.4 is 0 Å². The molecule has 0 saturated heterocycles. The maximum absolute atomic E-state index is 9.73. The number of hydrogen-bond donors (Lipinski definition) is 1. The van der Waals surface area contributed by atoms with Gasteiger partial charge in [-0.3, -0.25) is 4.90 Å². The molecule has 0 aliphatic heterocycles. The van der Waals surface area contributed by atoms with Crippen LogP contribution in [0.5, 0.6) is 0 Å². The van der Waals surface area contributed by atoms with Crippen molar-refractivity contribution in [1.82, 2.24) is 4.90 Å². The van der Waals surface area contributed by atoms with Gasteiger partial charge in [0.2, 0.25) is 0 Å². The number of benzene rings is 3. The summed E-state index contributed by atoms with van der Waals surface area (Å²) in [4.78, 5) is 2.35. The van der Waals surface area contributed by atoms with Crippen LogP contribution in [0, 0.1) is 0 Å². The van der Waals surface area contributed by atoms with Crippen LogP contribution in [0.25, 0.3) is 0 Å². The van der Waals surface area contributed by atoms with E-state index in [1.54, 1.807) is 0 Å². The lowest BCUT2D eigenvalue weighted by atomic mass is 9.75. The minimum atomic E-state index is -0.429. The Morgan fingerprint density at radius 1 is 0.680 bits per heavy atom. The molecular weight excluding hydrogens is 306 g/mol. The first-order valence-electron chi connectivity index (χ1n) is 8.86. The van der Waals surface area contributed by atoms with E-state index in [9.17, 15) is 5.11 Å². The van der Waals surface area contributed by atoms with Crippen molar-refractivity contribution in [3.8, 4) is 0 Å². The summed E-state index contributed by atoms with van der Waals surface area (Å²) in [7, 11) is 0. The van der Waals surface area contributed by atoms with E-state index in [0.717, 1.165) is 6.54 Å². The van der Waals surface area contributed by atoms with Crippen molar-refractivity contribution in [2.75, 3.05) is 19.7 Å². The third-order valence-corrected chi connectivity index (χ3v) is 4.80. The largest absolute Gasteiger partial charge is 0.395 e. The molecule has 3 rings (SSSR count). The van der Waals surface area contributed by atoms with Crippen LogP contribution in [-0.4, -0.2) is 29.7 Å². The van der Waals surface area contributed by atoms with Gasteiger partial charge in [-0.25, -0.2) is 0 Å². The minimum Gasteiger partial charge on any atom is -0.395 e. The van der Waals surface area contributed by atoms with E-state index in [4.69, 9.17) is 0 Å². The van der Waals surface area contributed by atoms with E-state index < -0.39 is 5.54 Å². The second-order valence-corrected chi connectivity index (χ2v) is 6.11. The molecule has 0 aromatic heterocycles. The predicted molar refractivity (Wildman–Crippen MR) is 104 cm³/mol. The molecule has 3 aromatic carbocycles. The third kappa shape index (κ3) is 3.23. The highest BCUT2D eigenvalue weighted by molar-refractivity contribution is 5.49. The van der Waals surface area contributed by atoms with Crippen LogP contribution >= 0.6 is 0 Å². The molecule has 0 saturated carbocycles. The molecule has 0 spiro atoms. The smallest absolute Gasteiger partial charge is 0.0973 e. The lowest BCUT2D eigenvalue weighted by Crippen LogP contribution is -2.49. The molecule has 0 heterocycles. The number of aliphatic hydroxyl groups excluding tert-OH is 1. The van der Waals surface area contributed by atoms with Gasteiger partial charge in [0.1, 0.15) is 0 Å². The van der Waals surface area contributed by atoms with Gasteiger partial charge in [-0.1, -0.05) is 97.9 Å². The average Bonchev–Trinajstić information content (AvgIpc) is 2.70. The van der Waals surface area contributed by atoms with Crippen LogP contribution in [-0.2, 0) is 5.54 Å². The Balaban J connectivity index is 2.35. The summed E-state index contributed by atoms with van der Waals surface area (Å²) in [6.45, 7) is 3.72. The normalized spacial score (nSPS) is 11.6. The van der Waals surface area contributed by atoms with Gasteiger partial charge in [-0.2, -0.15) is 0 Å². The van der Waals surface area contributed by atoms with Gasteiger partial charge < -0.3 is 5.11 Å². The first-order chi connectivity index (χ1) is 12.3. The SMILES string of the molecule is CCN(CCO)C(c1ccccc1)(c1ccccc1)c1ccccc1. The van der Waals surface area contributed by atoms with Gasteiger partial charge in [-0.05, 0) is 23.2 Å². The first-order valence-corrected chi connectivity index (χ1v) is 8.86. The van der Waals surface area contributed by atoms with E-state index >= 15 is 0 Å². The van der Waals surface area contributed by atoms with E-state index in [-0.39, 0.29) is 6.61 Å². The fraction of sp³-hybridized carbons (Fsp3) is 0.217. The monoisotopic (exact) mass is 331 g/mol. The lowest BCUT2D eigenvalue weighted by molar-refractivity contribution is 0.127. The van der Waals surface area contributed by atoms with Crippen LogP contribution in [0.1, 0.15) is 23.6 Å². The number of rotatable bonds is 7. The third-order valence-electron chi connectivity index (χ3n) is 4.80. The molecule has 1 N–H and O–H groups in total. The molecule has 0 amide bonds. The second-order valence-electron chi connectivity index (χ2n) is 6.11. The van der Waals surface area contributed by atoms with E-state index in [1.165, 1.54) is 16.7 Å². The van der Waals surface area contributed by atoms with Crippen molar-refractivity contribution in [2.24, 2.45) is 0 Å². The fourth-order valence-corrected chi connectivity index (χ4v) is 3.77. The second kappa shape index (κ2) is 8.11. The summed E-state index contributed by atoms with van der Waals surface area (Å²) in [6, 6.07) is 31.7. The molecular formula is C23H25NO. The highest BCUT2D eigenvalue weighted by Crippen LogP contribution is 2.42. The Morgan fingerprint density at radius 3 is 1.32 bits per heavy atom. The Kier molecular flexibility index (Phi) is 5.64. The number of hydrogen-bond acceptors (Lipinski definition) is 2. The summed E-state index contributed by atoms with van der Waals surface area (Å²) in [5, 5.41) is 9.73. The number of likely N-dealkylation sites (N-methyl/N-ethyl adjacent to an activating group) is 1. The number of nitrogens with zero attached hydrogens (tertiary/aromatic N) is 1.